The summed E-state index contributed by atoms with van der Waals surface area (Å²) in [4.78, 5) is 24.0. The average Bonchev–Trinajstić information content (AvgIpc) is 2.60. The number of carbonyl (C=O) groups is 2. The van der Waals surface area contributed by atoms with E-state index in [1.807, 2.05) is 24.3 Å². The Balaban J connectivity index is 2.26. The van der Waals surface area contributed by atoms with Crippen LogP contribution in [0.5, 0.6) is 0 Å². The first kappa shape index (κ1) is 21.4. The lowest BCUT2D eigenvalue weighted by Crippen LogP contribution is -2.18. The van der Waals surface area contributed by atoms with Gasteiger partial charge in [0.15, 0.2) is 0 Å². The maximum Gasteiger partial charge on any atom is 0.257 e. The van der Waals surface area contributed by atoms with Gasteiger partial charge in [0.25, 0.3) is 5.91 Å². The molecule has 0 bridgehead atoms. The highest BCUT2D eigenvalue weighted by Gasteiger charge is 2.16. The van der Waals surface area contributed by atoms with Crippen molar-refractivity contribution in [3.05, 3.63) is 53.6 Å². The summed E-state index contributed by atoms with van der Waals surface area (Å²) in [6.07, 6.45) is 4.19. The second-order valence-electron chi connectivity index (χ2n) is 6.57. The van der Waals surface area contributed by atoms with E-state index in [0.717, 1.165) is 25.5 Å². The van der Waals surface area contributed by atoms with E-state index < -0.39 is 15.9 Å². The summed E-state index contributed by atoms with van der Waals surface area (Å²) in [5.41, 5.74) is 2.42. The van der Waals surface area contributed by atoms with Gasteiger partial charge in [-0.1, -0.05) is 25.5 Å². The molecule has 28 heavy (non-hydrogen) atoms. The number of unbranched alkanes of at least 4 members (excludes halogenated alkanes) is 1. The highest BCUT2D eigenvalue weighted by molar-refractivity contribution is 7.92. The number of anilines is 3. The number of nitrogens with one attached hydrogen (secondary N) is 3. The fourth-order valence-electron chi connectivity index (χ4n) is 2.64. The lowest BCUT2D eigenvalue weighted by molar-refractivity contribution is -0.114. The Kier molecular flexibility index (Phi) is 7.17. The second kappa shape index (κ2) is 9.36. The van der Waals surface area contributed by atoms with Crippen LogP contribution in [0.15, 0.2) is 42.5 Å². The first-order valence-corrected chi connectivity index (χ1v) is 10.9. The number of benzene rings is 2. The van der Waals surface area contributed by atoms with Gasteiger partial charge < -0.3 is 10.6 Å². The summed E-state index contributed by atoms with van der Waals surface area (Å²) in [6.45, 7) is 3.48. The van der Waals surface area contributed by atoms with Crippen molar-refractivity contribution < 1.29 is 18.0 Å². The Morgan fingerprint density at radius 3 is 2.18 bits per heavy atom. The molecular weight excluding hydrogens is 378 g/mol. The molecule has 150 valence electrons. The zero-order valence-corrected chi connectivity index (χ0v) is 17.0. The van der Waals surface area contributed by atoms with Crippen LogP contribution in [-0.4, -0.2) is 26.5 Å². The van der Waals surface area contributed by atoms with Gasteiger partial charge in [-0.2, -0.15) is 0 Å². The zero-order valence-electron chi connectivity index (χ0n) is 16.2. The van der Waals surface area contributed by atoms with Crippen LogP contribution in [0.1, 0.15) is 42.6 Å². The van der Waals surface area contributed by atoms with Crippen molar-refractivity contribution in [2.24, 2.45) is 0 Å². The van der Waals surface area contributed by atoms with Crippen molar-refractivity contribution in [2.75, 3.05) is 21.6 Å². The van der Waals surface area contributed by atoms with E-state index in [2.05, 4.69) is 22.3 Å². The Hall–Kier alpha value is -2.87. The molecule has 2 rings (SSSR count). The molecular formula is C20H25N3O4S. The van der Waals surface area contributed by atoms with Crippen molar-refractivity contribution >= 4 is 38.9 Å². The van der Waals surface area contributed by atoms with Crippen LogP contribution in [0.4, 0.5) is 17.1 Å². The van der Waals surface area contributed by atoms with Gasteiger partial charge in [-0.05, 0) is 48.7 Å². The number of carbonyl (C=O) groups excluding carboxylic acids is 2. The standard InChI is InChI=1S/C20H25N3O4S/c1-4-5-6-15-7-9-16(10-8-15)22-20(25)18-13-17(21-14(2)24)11-12-19(18)23-28(3,26)27/h7-13,23H,4-6H2,1-3H3,(H,21,24)(H,22,25). The van der Waals surface area contributed by atoms with Crippen molar-refractivity contribution in [3.63, 3.8) is 0 Å². The number of rotatable bonds is 8. The SMILES string of the molecule is CCCCc1ccc(NC(=O)c2cc(NC(C)=O)ccc2NS(C)(=O)=O)cc1. The molecule has 7 nitrogen and oxygen atoms in total. The minimum absolute atomic E-state index is 0.103. The Labute approximate surface area is 165 Å². The minimum atomic E-state index is -3.57. The lowest BCUT2D eigenvalue weighted by atomic mass is 10.1. The van der Waals surface area contributed by atoms with Gasteiger partial charge in [0.05, 0.1) is 17.5 Å². The molecule has 0 aromatic heterocycles. The Bertz CT molecular complexity index is 954. The molecule has 8 heteroatoms. The minimum Gasteiger partial charge on any atom is -0.326 e. The number of aryl methyl sites for hydroxylation is 1. The van der Waals surface area contributed by atoms with Gasteiger partial charge in [0.2, 0.25) is 15.9 Å². The van der Waals surface area contributed by atoms with Crippen LogP contribution in [0.2, 0.25) is 0 Å². The zero-order chi connectivity index (χ0) is 20.7. The second-order valence-corrected chi connectivity index (χ2v) is 8.32. The van der Waals surface area contributed by atoms with E-state index in [1.54, 1.807) is 0 Å². The van der Waals surface area contributed by atoms with Crippen LogP contribution < -0.4 is 15.4 Å². The van der Waals surface area contributed by atoms with Crippen LogP contribution in [-0.2, 0) is 21.2 Å². The number of sulfonamides is 1. The van der Waals surface area contributed by atoms with Gasteiger partial charge >= 0.3 is 0 Å². The molecule has 0 spiro atoms. The third-order valence-corrected chi connectivity index (χ3v) is 4.50. The van der Waals surface area contributed by atoms with E-state index >= 15 is 0 Å². The van der Waals surface area contributed by atoms with E-state index in [1.165, 1.54) is 30.7 Å². The van der Waals surface area contributed by atoms with Gasteiger partial charge in [-0.3, -0.25) is 14.3 Å². The molecule has 3 N–H and O–H groups in total. The fourth-order valence-corrected chi connectivity index (χ4v) is 3.21. The highest BCUT2D eigenvalue weighted by Crippen LogP contribution is 2.23. The third kappa shape index (κ3) is 6.70. The Morgan fingerprint density at radius 2 is 1.61 bits per heavy atom. The van der Waals surface area contributed by atoms with E-state index in [4.69, 9.17) is 0 Å². The smallest absolute Gasteiger partial charge is 0.257 e. The average molecular weight is 404 g/mol. The van der Waals surface area contributed by atoms with Crippen molar-refractivity contribution in [3.8, 4) is 0 Å². The summed E-state index contributed by atoms with van der Waals surface area (Å²) < 4.78 is 25.5. The van der Waals surface area contributed by atoms with Crippen molar-refractivity contribution in [2.45, 2.75) is 33.1 Å². The summed E-state index contributed by atoms with van der Waals surface area (Å²) in [6, 6.07) is 11.9. The molecule has 0 fully saturated rings. The molecule has 2 aromatic rings. The molecule has 0 unspecified atom stereocenters. The molecule has 0 aliphatic carbocycles. The molecule has 0 radical (unpaired) electrons. The normalized spacial score (nSPS) is 11.0. The Morgan fingerprint density at radius 1 is 0.964 bits per heavy atom. The number of hydrogen-bond donors (Lipinski definition) is 3. The largest absolute Gasteiger partial charge is 0.326 e. The van der Waals surface area contributed by atoms with Crippen LogP contribution >= 0.6 is 0 Å². The van der Waals surface area contributed by atoms with Gasteiger partial charge in [0, 0.05) is 18.3 Å². The van der Waals surface area contributed by atoms with Gasteiger partial charge in [-0.15, -0.1) is 0 Å². The fraction of sp³-hybridized carbons (Fsp3) is 0.300. The van der Waals surface area contributed by atoms with Crippen molar-refractivity contribution in [1.29, 1.82) is 0 Å². The van der Waals surface area contributed by atoms with Gasteiger partial charge in [-0.25, -0.2) is 8.42 Å². The molecule has 2 amide bonds. The number of hydrogen-bond acceptors (Lipinski definition) is 4. The molecule has 0 saturated heterocycles. The monoisotopic (exact) mass is 403 g/mol. The first-order chi connectivity index (χ1) is 13.2. The lowest BCUT2D eigenvalue weighted by Gasteiger charge is -2.13. The van der Waals surface area contributed by atoms with E-state index in [-0.39, 0.29) is 17.2 Å². The molecule has 0 heterocycles. The molecule has 0 saturated carbocycles. The number of amides is 2. The van der Waals surface area contributed by atoms with Crippen LogP contribution in [0.25, 0.3) is 0 Å². The molecule has 0 atom stereocenters. The summed E-state index contributed by atoms with van der Waals surface area (Å²) >= 11 is 0. The predicted molar refractivity (Wildman–Crippen MR) is 112 cm³/mol. The third-order valence-electron chi connectivity index (χ3n) is 3.91. The van der Waals surface area contributed by atoms with E-state index in [9.17, 15) is 18.0 Å². The quantitative estimate of drug-likeness (QED) is 0.626. The maximum atomic E-state index is 12.8. The molecule has 2 aromatic carbocycles. The summed E-state index contributed by atoms with van der Waals surface area (Å²) in [7, 11) is -3.57. The maximum absolute atomic E-state index is 12.8. The van der Waals surface area contributed by atoms with Crippen LogP contribution in [0.3, 0.4) is 0 Å². The van der Waals surface area contributed by atoms with Crippen LogP contribution in [0, 0.1) is 0 Å². The van der Waals surface area contributed by atoms with E-state index in [0.29, 0.717) is 11.4 Å². The topological polar surface area (TPSA) is 104 Å². The summed E-state index contributed by atoms with van der Waals surface area (Å²) in [5.74, 6) is -0.780. The first-order valence-electron chi connectivity index (χ1n) is 8.97. The van der Waals surface area contributed by atoms with Crippen molar-refractivity contribution in [1.82, 2.24) is 0 Å². The highest BCUT2D eigenvalue weighted by atomic mass is 32.2. The summed E-state index contributed by atoms with van der Waals surface area (Å²) in [5, 5.41) is 5.35. The predicted octanol–water partition coefficient (Wildman–Crippen LogP) is 3.61. The van der Waals surface area contributed by atoms with Gasteiger partial charge in [0.1, 0.15) is 0 Å². The molecule has 0 aliphatic heterocycles. The molecule has 0 aliphatic rings.